The second-order valence-electron chi connectivity index (χ2n) is 14.1. The molecule has 0 saturated carbocycles. The third-order valence-corrected chi connectivity index (χ3v) is 10.8. The maximum absolute atomic E-state index is 5.47. The highest BCUT2D eigenvalue weighted by molar-refractivity contribution is 6.27. The van der Waals surface area contributed by atoms with Crippen molar-refractivity contribution in [3.8, 4) is 56.2 Å². The molecular formula is C49H34N2. The van der Waals surface area contributed by atoms with Gasteiger partial charge >= 0.3 is 0 Å². The van der Waals surface area contributed by atoms with E-state index in [-0.39, 0.29) is 5.41 Å². The third kappa shape index (κ3) is 4.50. The van der Waals surface area contributed by atoms with Gasteiger partial charge in [-0.1, -0.05) is 178 Å². The summed E-state index contributed by atoms with van der Waals surface area (Å²) >= 11 is 0. The van der Waals surface area contributed by atoms with Gasteiger partial charge in [-0.15, -0.1) is 0 Å². The molecule has 2 heteroatoms. The second-order valence-corrected chi connectivity index (χ2v) is 14.1. The molecule has 9 aromatic rings. The molecule has 1 aliphatic carbocycles. The van der Waals surface area contributed by atoms with Crippen molar-refractivity contribution in [2.45, 2.75) is 19.3 Å². The molecule has 0 radical (unpaired) electrons. The maximum atomic E-state index is 5.47. The molecule has 0 amide bonds. The first-order chi connectivity index (χ1) is 25.1. The predicted octanol–water partition coefficient (Wildman–Crippen LogP) is 12.9. The third-order valence-electron chi connectivity index (χ3n) is 10.8. The molecule has 0 spiro atoms. The summed E-state index contributed by atoms with van der Waals surface area (Å²) in [5.74, 6) is 0.721. The van der Waals surface area contributed by atoms with Gasteiger partial charge in [0.25, 0.3) is 0 Å². The Morgan fingerprint density at radius 2 is 1.00 bits per heavy atom. The number of hydrogen-bond acceptors (Lipinski definition) is 2. The van der Waals surface area contributed by atoms with Gasteiger partial charge < -0.3 is 0 Å². The normalized spacial score (nSPS) is 13.1. The Hall–Kier alpha value is -6.38. The van der Waals surface area contributed by atoms with Gasteiger partial charge in [-0.2, -0.15) is 0 Å². The summed E-state index contributed by atoms with van der Waals surface area (Å²) in [6.07, 6.45) is 0. The first-order valence-electron chi connectivity index (χ1n) is 17.7. The van der Waals surface area contributed by atoms with E-state index in [1.54, 1.807) is 0 Å². The summed E-state index contributed by atoms with van der Waals surface area (Å²) < 4.78 is 0. The Kier molecular flexibility index (Phi) is 6.56. The summed E-state index contributed by atoms with van der Waals surface area (Å²) in [7, 11) is 0. The van der Waals surface area contributed by atoms with Crippen molar-refractivity contribution in [2.75, 3.05) is 0 Å². The average molecular weight is 651 g/mol. The molecule has 1 aliphatic rings. The number of benzene rings is 8. The van der Waals surface area contributed by atoms with Crippen LogP contribution in [0.1, 0.15) is 25.0 Å². The second kappa shape index (κ2) is 11.3. The van der Waals surface area contributed by atoms with E-state index >= 15 is 0 Å². The number of nitrogens with zero attached hydrogens (tertiary/aromatic N) is 2. The lowest BCUT2D eigenvalue weighted by atomic mass is 9.79. The molecular weight excluding hydrogens is 617 g/mol. The van der Waals surface area contributed by atoms with Crippen LogP contribution in [0, 0.1) is 0 Å². The maximum Gasteiger partial charge on any atom is 0.160 e. The minimum Gasteiger partial charge on any atom is -0.228 e. The van der Waals surface area contributed by atoms with Crippen LogP contribution < -0.4 is 0 Å². The Balaban J connectivity index is 1.35. The summed E-state index contributed by atoms with van der Waals surface area (Å²) in [6, 6.07) is 61.1. The first-order valence-corrected chi connectivity index (χ1v) is 17.7. The van der Waals surface area contributed by atoms with Crippen LogP contribution in [0.3, 0.4) is 0 Å². The number of rotatable bonds is 4. The smallest absolute Gasteiger partial charge is 0.160 e. The van der Waals surface area contributed by atoms with Crippen molar-refractivity contribution in [3.63, 3.8) is 0 Å². The van der Waals surface area contributed by atoms with Crippen LogP contribution in [0.2, 0.25) is 0 Å². The summed E-state index contributed by atoms with van der Waals surface area (Å²) in [5.41, 5.74) is 12.6. The van der Waals surface area contributed by atoms with Crippen molar-refractivity contribution >= 4 is 32.3 Å². The quantitative estimate of drug-likeness (QED) is 0.140. The van der Waals surface area contributed by atoms with Crippen LogP contribution in [0.15, 0.2) is 170 Å². The summed E-state index contributed by atoms with van der Waals surface area (Å²) in [5, 5.41) is 7.23. The van der Waals surface area contributed by atoms with Gasteiger partial charge in [0.2, 0.25) is 0 Å². The van der Waals surface area contributed by atoms with E-state index in [0.29, 0.717) is 0 Å². The van der Waals surface area contributed by atoms with Gasteiger partial charge in [0.15, 0.2) is 5.82 Å². The number of aromatic nitrogens is 2. The highest BCUT2D eigenvalue weighted by atomic mass is 14.9. The molecule has 0 atom stereocenters. The van der Waals surface area contributed by atoms with E-state index in [1.807, 2.05) is 6.07 Å². The molecule has 0 aliphatic heterocycles. The molecule has 10 rings (SSSR count). The monoisotopic (exact) mass is 650 g/mol. The molecule has 0 N–H and O–H groups in total. The highest BCUT2D eigenvalue weighted by Crippen LogP contribution is 2.52. The molecule has 1 aromatic heterocycles. The SMILES string of the molecule is CC1(C)c2ccccc2-c2cccc(-c3cc(-c4c5ccccc5c(-c5ccccc5)c5ccc6ccccc6c45)nc(-c4ccccc4)n3)c21. The van der Waals surface area contributed by atoms with E-state index in [2.05, 4.69) is 178 Å². The molecule has 0 unspecified atom stereocenters. The largest absolute Gasteiger partial charge is 0.228 e. The van der Waals surface area contributed by atoms with E-state index in [0.717, 1.165) is 33.9 Å². The molecule has 0 bridgehead atoms. The Bertz CT molecular complexity index is 2810. The van der Waals surface area contributed by atoms with E-state index in [1.165, 1.54) is 65.7 Å². The predicted molar refractivity (Wildman–Crippen MR) is 214 cm³/mol. The molecule has 51 heavy (non-hydrogen) atoms. The van der Waals surface area contributed by atoms with Gasteiger partial charge in [-0.25, -0.2) is 9.97 Å². The van der Waals surface area contributed by atoms with Crippen LogP contribution in [0.5, 0.6) is 0 Å². The van der Waals surface area contributed by atoms with Crippen LogP contribution in [0.25, 0.3) is 88.5 Å². The minimum absolute atomic E-state index is 0.187. The lowest BCUT2D eigenvalue weighted by Gasteiger charge is -2.24. The molecule has 1 heterocycles. The van der Waals surface area contributed by atoms with Crippen molar-refractivity contribution in [1.29, 1.82) is 0 Å². The fraction of sp³-hybridized carbons (Fsp3) is 0.0612. The minimum atomic E-state index is -0.187. The molecule has 0 fully saturated rings. The fourth-order valence-electron chi connectivity index (χ4n) is 8.62. The van der Waals surface area contributed by atoms with Crippen molar-refractivity contribution in [2.24, 2.45) is 0 Å². The standard InChI is InChI=1S/C49H34N2/c1-49(2)41-27-14-13-22-35(41)38-25-15-26-39(47(38)49)42-30-43(51-48(50-42)33-19-7-4-8-20-33)46-37-24-12-11-23-36(37)44(32-17-5-3-6-18-32)40-29-28-31-16-9-10-21-34(31)45(40)46/h3-30H,1-2H3. The Labute approximate surface area is 297 Å². The van der Waals surface area contributed by atoms with Crippen LogP contribution in [-0.2, 0) is 5.41 Å². The van der Waals surface area contributed by atoms with Crippen molar-refractivity contribution in [1.82, 2.24) is 9.97 Å². The topological polar surface area (TPSA) is 25.8 Å². The number of fused-ring (bicyclic) bond motifs is 7. The highest BCUT2D eigenvalue weighted by Gasteiger charge is 2.37. The van der Waals surface area contributed by atoms with Gasteiger partial charge in [0.1, 0.15) is 0 Å². The van der Waals surface area contributed by atoms with Crippen molar-refractivity contribution in [3.05, 3.63) is 181 Å². The number of hydrogen-bond donors (Lipinski definition) is 0. The summed E-state index contributed by atoms with van der Waals surface area (Å²) in [6.45, 7) is 4.69. The fourth-order valence-corrected chi connectivity index (χ4v) is 8.62. The zero-order valence-electron chi connectivity index (χ0n) is 28.6. The lowest BCUT2D eigenvalue weighted by molar-refractivity contribution is 0.662. The Morgan fingerprint density at radius 1 is 0.412 bits per heavy atom. The zero-order valence-corrected chi connectivity index (χ0v) is 28.6. The molecule has 8 aromatic carbocycles. The van der Waals surface area contributed by atoms with Crippen molar-refractivity contribution < 1.29 is 0 Å². The molecule has 2 nitrogen and oxygen atoms in total. The zero-order chi connectivity index (χ0) is 34.1. The van der Waals surface area contributed by atoms with E-state index in [4.69, 9.17) is 9.97 Å². The van der Waals surface area contributed by atoms with Crippen LogP contribution in [0.4, 0.5) is 0 Å². The van der Waals surface area contributed by atoms with Gasteiger partial charge in [-0.05, 0) is 66.4 Å². The lowest BCUT2D eigenvalue weighted by Crippen LogP contribution is -2.16. The van der Waals surface area contributed by atoms with Gasteiger partial charge in [0.05, 0.1) is 11.4 Å². The first kappa shape index (κ1) is 29.5. The van der Waals surface area contributed by atoms with Crippen LogP contribution in [-0.4, -0.2) is 9.97 Å². The van der Waals surface area contributed by atoms with Gasteiger partial charge in [-0.3, -0.25) is 0 Å². The molecule has 0 saturated heterocycles. The average Bonchev–Trinajstić information content (AvgIpc) is 3.43. The summed E-state index contributed by atoms with van der Waals surface area (Å²) in [4.78, 5) is 10.8. The van der Waals surface area contributed by atoms with Crippen LogP contribution >= 0.6 is 0 Å². The van der Waals surface area contributed by atoms with E-state index in [9.17, 15) is 0 Å². The van der Waals surface area contributed by atoms with Gasteiger partial charge in [0, 0.05) is 27.5 Å². The Morgan fingerprint density at radius 3 is 1.78 bits per heavy atom. The molecule has 240 valence electrons. The van der Waals surface area contributed by atoms with E-state index < -0.39 is 0 Å².